The van der Waals surface area contributed by atoms with Gasteiger partial charge >= 0.3 is 5.97 Å². The summed E-state index contributed by atoms with van der Waals surface area (Å²) in [6.07, 6.45) is 0.665. The molecule has 16 heavy (non-hydrogen) atoms. The third kappa shape index (κ3) is 3.18. The van der Waals surface area contributed by atoms with Crippen molar-refractivity contribution in [3.05, 3.63) is 38.8 Å². The van der Waals surface area contributed by atoms with Crippen molar-refractivity contribution in [2.45, 2.75) is 0 Å². The maximum absolute atomic E-state index is 10.8. The Labute approximate surface area is 108 Å². The molecular weight excluding hydrogens is 344 g/mol. The Morgan fingerprint density at radius 3 is 2.25 bits per heavy atom. The van der Waals surface area contributed by atoms with Crippen molar-refractivity contribution >= 4 is 49.4 Å². The van der Waals surface area contributed by atoms with E-state index >= 15 is 0 Å². The minimum absolute atomic E-state index is 0.352. The number of rotatable bonds is 3. The number of benzene rings is 1. The molecule has 0 aromatic heterocycles. The minimum Gasteiger partial charge on any atom is -0.507 e. The second kappa shape index (κ2) is 5.27. The number of aliphatic carboxylic acids is 1. The maximum atomic E-state index is 10.8. The smallest absolute Gasteiger partial charge is 0.376 e. The van der Waals surface area contributed by atoms with Gasteiger partial charge in [-0.25, -0.2) is 4.79 Å². The average Bonchev–Trinajstić information content (AvgIpc) is 2.21. The molecule has 1 aromatic carbocycles. The van der Waals surface area contributed by atoms with Gasteiger partial charge in [-0.3, -0.25) is 4.79 Å². The second-order valence-corrected chi connectivity index (χ2v) is 4.54. The zero-order valence-corrected chi connectivity index (χ0v) is 10.9. The van der Waals surface area contributed by atoms with Crippen molar-refractivity contribution in [1.29, 1.82) is 0 Å². The molecule has 0 unspecified atom stereocenters. The molecule has 0 fully saturated rings. The first kappa shape index (κ1) is 12.9. The third-order valence-electron chi connectivity index (χ3n) is 1.69. The molecule has 0 aliphatic carbocycles. The Hall–Kier alpha value is -1.14. The predicted octanol–water partition coefficient (Wildman–Crippen LogP) is 2.76. The van der Waals surface area contributed by atoms with Crippen molar-refractivity contribution in [2.24, 2.45) is 0 Å². The van der Waals surface area contributed by atoms with E-state index in [1.54, 1.807) is 18.2 Å². The molecule has 0 radical (unpaired) electrons. The lowest BCUT2D eigenvalue weighted by Gasteiger charge is -2.01. The van der Waals surface area contributed by atoms with E-state index in [0.717, 1.165) is 4.47 Å². The number of carbonyl (C=O) groups is 2. The Bertz CT molecular complexity index is 480. The number of hydrogen-bond acceptors (Lipinski definition) is 3. The molecule has 1 aromatic rings. The molecule has 0 spiro atoms. The number of hydrogen-bond donors (Lipinski definition) is 2. The summed E-state index contributed by atoms with van der Waals surface area (Å²) in [4.78, 5) is 21.1. The highest BCUT2D eigenvalue weighted by Gasteiger charge is 2.11. The summed E-state index contributed by atoms with van der Waals surface area (Å²) in [5, 5.41) is 17.9. The van der Waals surface area contributed by atoms with Crippen LogP contribution in [0.15, 0.2) is 33.2 Å². The topological polar surface area (TPSA) is 74.6 Å². The SMILES string of the molecule is O=C(O)C(=O)C=C(O)c1ccc(Br)c(Br)c1. The Morgan fingerprint density at radius 2 is 1.75 bits per heavy atom. The van der Waals surface area contributed by atoms with Crippen molar-refractivity contribution in [3.63, 3.8) is 0 Å². The van der Waals surface area contributed by atoms with Gasteiger partial charge in [0, 0.05) is 20.6 Å². The molecule has 2 N–H and O–H groups in total. The fourth-order valence-corrected chi connectivity index (χ4v) is 1.55. The van der Waals surface area contributed by atoms with E-state index < -0.39 is 11.8 Å². The normalized spacial score (nSPS) is 11.2. The van der Waals surface area contributed by atoms with E-state index in [4.69, 9.17) is 5.11 Å². The molecule has 0 atom stereocenters. The highest BCUT2D eigenvalue weighted by molar-refractivity contribution is 9.13. The number of ketones is 1. The van der Waals surface area contributed by atoms with E-state index in [0.29, 0.717) is 16.1 Å². The van der Waals surface area contributed by atoms with Gasteiger partial charge < -0.3 is 10.2 Å². The van der Waals surface area contributed by atoms with E-state index in [1.165, 1.54) is 0 Å². The zero-order valence-electron chi connectivity index (χ0n) is 7.78. The molecule has 0 saturated carbocycles. The summed E-state index contributed by atoms with van der Waals surface area (Å²) in [6, 6.07) is 4.77. The summed E-state index contributed by atoms with van der Waals surface area (Å²) >= 11 is 6.47. The number of carbonyl (C=O) groups excluding carboxylic acids is 1. The van der Waals surface area contributed by atoms with Crippen LogP contribution in [0.3, 0.4) is 0 Å². The van der Waals surface area contributed by atoms with Crippen LogP contribution in [0.4, 0.5) is 0 Å². The Balaban J connectivity index is 3.05. The number of carboxylic acids is 1. The first-order valence-electron chi connectivity index (χ1n) is 4.05. The minimum atomic E-state index is -1.61. The summed E-state index contributed by atoms with van der Waals surface area (Å²) < 4.78 is 1.47. The molecule has 0 amide bonds. The molecule has 0 bridgehead atoms. The largest absolute Gasteiger partial charge is 0.507 e. The monoisotopic (exact) mass is 348 g/mol. The number of carboxylic acid groups (broad SMARTS) is 1. The zero-order chi connectivity index (χ0) is 12.3. The number of aliphatic hydroxyl groups excluding tert-OH is 1. The van der Waals surface area contributed by atoms with Gasteiger partial charge in [-0.15, -0.1) is 0 Å². The van der Waals surface area contributed by atoms with Gasteiger partial charge in [0.05, 0.1) is 0 Å². The van der Waals surface area contributed by atoms with Gasteiger partial charge in [-0.1, -0.05) is 6.07 Å². The molecule has 1 rings (SSSR count). The predicted molar refractivity (Wildman–Crippen MR) is 65.1 cm³/mol. The van der Waals surface area contributed by atoms with E-state index in [2.05, 4.69) is 31.9 Å². The van der Waals surface area contributed by atoms with Crippen LogP contribution >= 0.6 is 31.9 Å². The molecule has 0 aliphatic heterocycles. The number of halogens is 2. The van der Waals surface area contributed by atoms with Crippen molar-refractivity contribution < 1.29 is 19.8 Å². The van der Waals surface area contributed by atoms with E-state index in [-0.39, 0.29) is 5.76 Å². The summed E-state index contributed by atoms with van der Waals surface area (Å²) in [6.45, 7) is 0. The standard InChI is InChI=1S/C10H6Br2O4/c11-6-2-1-5(3-7(6)12)8(13)4-9(14)10(15)16/h1-4,13H,(H,15,16). The van der Waals surface area contributed by atoms with Gasteiger partial charge in [0.1, 0.15) is 5.76 Å². The molecule has 0 aliphatic rings. The first-order valence-corrected chi connectivity index (χ1v) is 5.63. The van der Waals surface area contributed by atoms with E-state index in [9.17, 15) is 14.7 Å². The van der Waals surface area contributed by atoms with Gasteiger partial charge in [-0.2, -0.15) is 0 Å². The lowest BCUT2D eigenvalue weighted by molar-refractivity contribution is -0.146. The highest BCUT2D eigenvalue weighted by Crippen LogP contribution is 2.26. The van der Waals surface area contributed by atoms with Crippen LogP contribution in [0.1, 0.15) is 5.56 Å². The van der Waals surface area contributed by atoms with Crippen molar-refractivity contribution in [2.75, 3.05) is 0 Å². The van der Waals surface area contributed by atoms with Crippen LogP contribution in [0.5, 0.6) is 0 Å². The third-order valence-corrected chi connectivity index (χ3v) is 3.57. The Morgan fingerprint density at radius 1 is 1.12 bits per heavy atom. The lowest BCUT2D eigenvalue weighted by atomic mass is 10.1. The maximum Gasteiger partial charge on any atom is 0.376 e. The van der Waals surface area contributed by atoms with Gasteiger partial charge in [0.15, 0.2) is 0 Å². The molecule has 4 nitrogen and oxygen atoms in total. The fraction of sp³-hybridized carbons (Fsp3) is 0. The van der Waals surface area contributed by atoms with Gasteiger partial charge in [-0.05, 0) is 44.0 Å². The van der Waals surface area contributed by atoms with Crippen LogP contribution in [-0.4, -0.2) is 22.0 Å². The average molecular weight is 350 g/mol. The van der Waals surface area contributed by atoms with Crippen LogP contribution < -0.4 is 0 Å². The molecule has 0 heterocycles. The highest BCUT2D eigenvalue weighted by atomic mass is 79.9. The quantitative estimate of drug-likeness (QED) is 0.500. The molecular formula is C10H6Br2O4. The van der Waals surface area contributed by atoms with Crippen LogP contribution in [0.25, 0.3) is 5.76 Å². The summed E-state index contributed by atoms with van der Waals surface area (Å²) in [7, 11) is 0. The second-order valence-electron chi connectivity index (χ2n) is 2.83. The van der Waals surface area contributed by atoms with Crippen LogP contribution in [0.2, 0.25) is 0 Å². The molecule has 84 valence electrons. The lowest BCUT2D eigenvalue weighted by Crippen LogP contribution is -2.09. The van der Waals surface area contributed by atoms with Crippen LogP contribution in [-0.2, 0) is 9.59 Å². The molecule has 6 heteroatoms. The first-order chi connectivity index (χ1) is 7.41. The van der Waals surface area contributed by atoms with Gasteiger partial charge in [0.25, 0.3) is 5.78 Å². The van der Waals surface area contributed by atoms with Gasteiger partial charge in [0.2, 0.25) is 0 Å². The van der Waals surface area contributed by atoms with Crippen molar-refractivity contribution in [1.82, 2.24) is 0 Å². The summed E-state index contributed by atoms with van der Waals surface area (Å²) in [5.41, 5.74) is 0.352. The molecule has 0 saturated heterocycles. The van der Waals surface area contributed by atoms with Crippen molar-refractivity contribution in [3.8, 4) is 0 Å². The summed E-state index contributed by atoms with van der Waals surface area (Å²) in [5.74, 6) is -3.17. The van der Waals surface area contributed by atoms with Crippen LogP contribution in [0, 0.1) is 0 Å². The number of aliphatic hydroxyl groups is 1. The Kier molecular flexibility index (Phi) is 4.26. The van der Waals surface area contributed by atoms with E-state index in [1.807, 2.05) is 0 Å². The fourth-order valence-electron chi connectivity index (χ4n) is 0.925.